The van der Waals surface area contributed by atoms with Crippen LogP contribution in [0.3, 0.4) is 0 Å². The molecular weight excluding hydrogens is 344 g/mol. The van der Waals surface area contributed by atoms with E-state index >= 15 is 0 Å². The Morgan fingerprint density at radius 1 is 1.22 bits per heavy atom. The highest BCUT2D eigenvalue weighted by atomic mass is 16.7. The number of nitrogens with zero attached hydrogens (tertiary/aromatic N) is 4. The maximum absolute atomic E-state index is 10.9. The van der Waals surface area contributed by atoms with E-state index in [2.05, 4.69) is 22.0 Å². The molecule has 3 rings (SSSR count). The summed E-state index contributed by atoms with van der Waals surface area (Å²) in [5.41, 5.74) is 2.36. The van der Waals surface area contributed by atoms with Gasteiger partial charge in [-0.05, 0) is 31.0 Å². The van der Waals surface area contributed by atoms with Crippen molar-refractivity contribution < 1.29 is 14.6 Å². The van der Waals surface area contributed by atoms with Crippen LogP contribution >= 0.6 is 0 Å². The highest BCUT2D eigenvalue weighted by Gasteiger charge is 2.12. The zero-order chi connectivity index (χ0) is 19.2. The van der Waals surface area contributed by atoms with Crippen LogP contribution in [0.25, 0.3) is 11.3 Å². The molecule has 0 aliphatic carbocycles. The van der Waals surface area contributed by atoms with Gasteiger partial charge in [-0.1, -0.05) is 37.6 Å². The molecule has 0 saturated heterocycles. The molecule has 0 bridgehead atoms. The largest absolute Gasteiger partial charge is 0.511 e. The fourth-order valence-electron chi connectivity index (χ4n) is 2.87. The first-order valence-electron chi connectivity index (χ1n) is 8.92. The maximum Gasteiger partial charge on any atom is 0.511 e. The lowest BCUT2D eigenvalue weighted by Gasteiger charge is -2.09. The Hall–Kier alpha value is -3.22. The molecular formula is C20H22N4O3. The third-order valence-corrected chi connectivity index (χ3v) is 4.14. The van der Waals surface area contributed by atoms with Crippen molar-refractivity contribution >= 4 is 6.16 Å². The SMILES string of the molecule is CCCCc1nc(C)nn1Cc1ccc(-c2ncccc2OC(=O)O)cc1. The number of benzene rings is 1. The Bertz CT molecular complexity index is 919. The summed E-state index contributed by atoms with van der Waals surface area (Å²) >= 11 is 0. The third kappa shape index (κ3) is 4.69. The Balaban J connectivity index is 1.80. The second kappa shape index (κ2) is 8.44. The molecule has 0 aliphatic rings. The van der Waals surface area contributed by atoms with Crippen LogP contribution in [0, 0.1) is 6.92 Å². The summed E-state index contributed by atoms with van der Waals surface area (Å²) in [5.74, 6) is 1.99. The van der Waals surface area contributed by atoms with Crippen LogP contribution in [0.1, 0.15) is 37.0 Å². The van der Waals surface area contributed by atoms with Gasteiger partial charge in [-0.2, -0.15) is 5.10 Å². The monoisotopic (exact) mass is 366 g/mol. The predicted octanol–water partition coefficient (Wildman–Crippen LogP) is 4.10. The Morgan fingerprint density at radius 2 is 2.00 bits per heavy atom. The molecule has 0 radical (unpaired) electrons. The van der Waals surface area contributed by atoms with Gasteiger partial charge in [0.2, 0.25) is 0 Å². The fourth-order valence-corrected chi connectivity index (χ4v) is 2.87. The molecule has 1 aromatic carbocycles. The zero-order valence-corrected chi connectivity index (χ0v) is 15.4. The first-order valence-corrected chi connectivity index (χ1v) is 8.92. The number of aryl methyl sites for hydroxylation is 2. The van der Waals surface area contributed by atoms with Crippen molar-refractivity contribution in [1.82, 2.24) is 19.7 Å². The molecule has 2 aromatic heterocycles. The number of pyridine rings is 1. The minimum absolute atomic E-state index is 0.214. The second-order valence-electron chi connectivity index (χ2n) is 6.25. The smallest absolute Gasteiger partial charge is 0.449 e. The lowest BCUT2D eigenvalue weighted by molar-refractivity contribution is 0.144. The number of hydrogen-bond donors (Lipinski definition) is 1. The molecule has 7 heteroatoms. The average molecular weight is 366 g/mol. The summed E-state index contributed by atoms with van der Waals surface area (Å²) in [6, 6.07) is 11.0. The van der Waals surface area contributed by atoms with E-state index < -0.39 is 6.16 Å². The number of carbonyl (C=O) groups is 1. The molecule has 0 fully saturated rings. The first kappa shape index (κ1) is 18.6. The number of ether oxygens (including phenoxy) is 1. The van der Waals surface area contributed by atoms with Crippen molar-refractivity contribution in [3.8, 4) is 17.0 Å². The van der Waals surface area contributed by atoms with E-state index in [1.807, 2.05) is 35.9 Å². The van der Waals surface area contributed by atoms with Crippen molar-refractivity contribution in [2.24, 2.45) is 0 Å². The van der Waals surface area contributed by atoms with Gasteiger partial charge >= 0.3 is 6.16 Å². The van der Waals surface area contributed by atoms with Crippen LogP contribution in [-0.4, -0.2) is 31.0 Å². The van der Waals surface area contributed by atoms with Gasteiger partial charge in [0, 0.05) is 18.2 Å². The summed E-state index contributed by atoms with van der Waals surface area (Å²) in [7, 11) is 0. The molecule has 0 atom stereocenters. The van der Waals surface area contributed by atoms with Crippen LogP contribution in [-0.2, 0) is 13.0 Å². The van der Waals surface area contributed by atoms with Crippen molar-refractivity contribution in [3.63, 3.8) is 0 Å². The number of aromatic nitrogens is 4. The van der Waals surface area contributed by atoms with Gasteiger partial charge in [0.25, 0.3) is 0 Å². The lowest BCUT2D eigenvalue weighted by Crippen LogP contribution is -2.07. The molecule has 0 saturated carbocycles. The standard InChI is InChI=1S/C20H22N4O3/c1-3-4-7-18-22-14(2)23-24(18)13-15-8-10-16(11-9-15)19-17(27-20(25)26)6-5-12-21-19/h5-6,8-12H,3-4,7,13H2,1-2H3,(H,25,26). The molecule has 1 N–H and O–H groups in total. The molecule has 2 heterocycles. The van der Waals surface area contributed by atoms with Crippen LogP contribution < -0.4 is 4.74 Å². The second-order valence-corrected chi connectivity index (χ2v) is 6.25. The van der Waals surface area contributed by atoms with E-state index in [4.69, 9.17) is 9.84 Å². The minimum Gasteiger partial charge on any atom is -0.449 e. The minimum atomic E-state index is -1.36. The number of unbranched alkanes of at least 4 members (excludes halogenated alkanes) is 1. The molecule has 0 aliphatic heterocycles. The van der Waals surface area contributed by atoms with Gasteiger partial charge in [0.05, 0.1) is 6.54 Å². The molecule has 3 aromatic rings. The van der Waals surface area contributed by atoms with Crippen molar-refractivity contribution in [1.29, 1.82) is 0 Å². The van der Waals surface area contributed by atoms with Crippen molar-refractivity contribution in [3.05, 3.63) is 59.8 Å². The first-order chi connectivity index (χ1) is 13.1. The number of carboxylic acid groups (broad SMARTS) is 1. The van der Waals surface area contributed by atoms with E-state index in [0.29, 0.717) is 12.2 Å². The molecule has 7 nitrogen and oxygen atoms in total. The zero-order valence-electron chi connectivity index (χ0n) is 15.4. The number of rotatable bonds is 7. The van der Waals surface area contributed by atoms with Crippen molar-refractivity contribution in [2.75, 3.05) is 0 Å². The maximum atomic E-state index is 10.9. The van der Waals surface area contributed by atoms with E-state index in [9.17, 15) is 4.79 Å². The Morgan fingerprint density at radius 3 is 2.70 bits per heavy atom. The number of hydrogen-bond acceptors (Lipinski definition) is 5. The van der Waals surface area contributed by atoms with Gasteiger partial charge in [0.1, 0.15) is 17.3 Å². The average Bonchev–Trinajstić information content (AvgIpc) is 3.00. The summed E-state index contributed by atoms with van der Waals surface area (Å²) in [6.07, 6.45) is 3.37. The van der Waals surface area contributed by atoms with Gasteiger partial charge in [-0.25, -0.2) is 14.5 Å². The molecule has 0 unspecified atom stereocenters. The summed E-state index contributed by atoms with van der Waals surface area (Å²) in [6.45, 7) is 4.70. The van der Waals surface area contributed by atoms with Crippen LogP contribution in [0.15, 0.2) is 42.6 Å². The molecule has 27 heavy (non-hydrogen) atoms. The fraction of sp³-hybridized carbons (Fsp3) is 0.300. The van der Waals surface area contributed by atoms with E-state index in [1.165, 1.54) is 0 Å². The molecule has 0 amide bonds. The van der Waals surface area contributed by atoms with Crippen LogP contribution in [0.2, 0.25) is 0 Å². The van der Waals surface area contributed by atoms with Gasteiger partial charge in [0.15, 0.2) is 5.75 Å². The van der Waals surface area contributed by atoms with E-state index in [1.54, 1.807) is 18.3 Å². The van der Waals surface area contributed by atoms with Gasteiger partial charge in [-0.3, -0.25) is 4.98 Å². The Kier molecular flexibility index (Phi) is 5.80. The van der Waals surface area contributed by atoms with Gasteiger partial charge in [-0.15, -0.1) is 0 Å². The normalized spacial score (nSPS) is 10.7. The Labute approximate surface area is 157 Å². The summed E-state index contributed by atoms with van der Waals surface area (Å²) < 4.78 is 6.76. The molecule has 140 valence electrons. The predicted molar refractivity (Wildman–Crippen MR) is 101 cm³/mol. The molecule has 0 spiro atoms. The van der Waals surface area contributed by atoms with Crippen molar-refractivity contribution in [2.45, 2.75) is 39.7 Å². The lowest BCUT2D eigenvalue weighted by atomic mass is 10.1. The highest BCUT2D eigenvalue weighted by Crippen LogP contribution is 2.28. The third-order valence-electron chi connectivity index (χ3n) is 4.14. The van der Waals surface area contributed by atoms with Crippen LogP contribution in [0.4, 0.5) is 4.79 Å². The van der Waals surface area contributed by atoms with Crippen LogP contribution in [0.5, 0.6) is 5.75 Å². The van der Waals surface area contributed by atoms with E-state index in [0.717, 1.165) is 42.0 Å². The summed E-state index contributed by atoms with van der Waals surface area (Å²) in [4.78, 5) is 19.6. The quantitative estimate of drug-likeness (QED) is 0.633. The highest BCUT2D eigenvalue weighted by molar-refractivity contribution is 5.71. The van der Waals surface area contributed by atoms with Gasteiger partial charge < -0.3 is 9.84 Å². The topological polar surface area (TPSA) is 90.1 Å². The van der Waals surface area contributed by atoms with E-state index in [-0.39, 0.29) is 5.75 Å². The summed E-state index contributed by atoms with van der Waals surface area (Å²) in [5, 5.41) is 13.4.